The minimum Gasteiger partial charge on any atom is -0.497 e. The van der Waals surface area contributed by atoms with Crippen LogP contribution in [0, 0.1) is 17.8 Å². The van der Waals surface area contributed by atoms with Gasteiger partial charge in [0.15, 0.2) is 0 Å². The average molecular weight is 835 g/mol. The lowest BCUT2D eigenvalue weighted by molar-refractivity contribution is -0.142. The summed E-state index contributed by atoms with van der Waals surface area (Å²) in [6, 6.07) is 5.76. The molecule has 17 heteroatoms. The smallest absolute Gasteiger partial charge is 0.259 e. The second-order valence-corrected chi connectivity index (χ2v) is 19.4. The Morgan fingerprint density at radius 2 is 1.73 bits per heavy atom. The molecule has 0 spiro atoms. The molecule has 4 fully saturated rings. The van der Waals surface area contributed by atoms with E-state index in [4.69, 9.17) is 14.2 Å². The summed E-state index contributed by atoms with van der Waals surface area (Å²) in [6.07, 6.45) is 6.91. The molecule has 3 N–H and O–H groups in total. The summed E-state index contributed by atoms with van der Waals surface area (Å²) in [5.41, 5.74) is -1.79. The standard InChI is InChI=1S/C42H54N6O10S/c1-24-9-7-8-10-27-21-42(27,40(53)46-59(54,55)41(3)14-15-41)45-37(51)32-20-29(58-38-30-12-11-28(56-5)19-31(30)33(57-6)22-43-38)23-48(32)39(52)35(25(2)17-24)44-36(50)26-13-16-47(4)34(49)18-26/h11-13,16,18-19,22,24-25,27,29,32,35H,7-10,14-15,17,20-21,23H2,1-6H3,(H,44,50)(H,45,51)(H,46,53)/t24-,25-,27-,29-,32+,35+,42-/m1/s1. The summed E-state index contributed by atoms with van der Waals surface area (Å²) < 4.78 is 46.6. The van der Waals surface area contributed by atoms with Crippen molar-refractivity contribution in [3.63, 3.8) is 0 Å². The third-order valence-corrected chi connectivity index (χ3v) is 15.0. The van der Waals surface area contributed by atoms with Gasteiger partial charge in [0, 0.05) is 42.1 Å². The summed E-state index contributed by atoms with van der Waals surface area (Å²) >= 11 is 0. The van der Waals surface area contributed by atoms with E-state index in [1.807, 2.05) is 6.92 Å². The number of pyridine rings is 2. The third-order valence-electron chi connectivity index (χ3n) is 12.8. The van der Waals surface area contributed by atoms with E-state index < -0.39 is 67.7 Å². The number of amides is 4. The van der Waals surface area contributed by atoms with Crippen LogP contribution in [0.1, 0.15) is 88.9 Å². The van der Waals surface area contributed by atoms with Crippen LogP contribution in [0.25, 0.3) is 10.8 Å². The van der Waals surface area contributed by atoms with E-state index in [0.29, 0.717) is 48.0 Å². The van der Waals surface area contributed by atoms with Gasteiger partial charge in [0.2, 0.25) is 27.7 Å². The first-order valence-corrected chi connectivity index (χ1v) is 21.8. The lowest BCUT2D eigenvalue weighted by Crippen LogP contribution is -2.59. The number of nitrogens with one attached hydrogen (secondary N) is 3. The summed E-state index contributed by atoms with van der Waals surface area (Å²) in [5, 5.41) is 7.12. The quantitative estimate of drug-likeness (QED) is 0.286. The molecular weight excluding hydrogens is 781 g/mol. The minimum atomic E-state index is -4.01. The Morgan fingerprint density at radius 3 is 2.42 bits per heavy atom. The molecule has 2 aliphatic carbocycles. The number of benzene rings is 1. The molecule has 0 unspecified atom stereocenters. The second-order valence-electron chi connectivity index (χ2n) is 17.2. The number of nitrogens with zero attached hydrogens (tertiary/aromatic N) is 3. The van der Waals surface area contributed by atoms with E-state index in [-0.39, 0.29) is 48.6 Å². The van der Waals surface area contributed by atoms with Crippen molar-refractivity contribution in [2.45, 2.75) is 107 Å². The molecule has 4 aliphatic rings. The van der Waals surface area contributed by atoms with Gasteiger partial charge >= 0.3 is 0 Å². The Balaban J connectivity index is 1.24. The number of aryl methyl sites for hydroxylation is 1. The molecule has 0 radical (unpaired) electrons. The maximum atomic E-state index is 15.0. The fourth-order valence-corrected chi connectivity index (χ4v) is 9.96. The van der Waals surface area contributed by atoms with Crippen LogP contribution in [0.4, 0.5) is 0 Å². The molecule has 2 saturated carbocycles. The molecule has 7 rings (SSSR count). The highest BCUT2D eigenvalue weighted by atomic mass is 32.2. The van der Waals surface area contributed by atoms with Crippen LogP contribution >= 0.6 is 0 Å². The SMILES string of the molecule is COc1ccc2c(O[C@@H]3C[C@H]4C(=O)N[C@]5(C(=O)NS(=O)(=O)C6(C)CC6)C[C@H]5CCCC[C@@H](C)C[C@@H](C)[C@H](NC(=O)c5ccn(C)c(=O)c5)C(=O)N4C3)ncc(OC)c2c1. The Hall–Kier alpha value is -5.19. The maximum Gasteiger partial charge on any atom is 0.259 e. The first kappa shape index (κ1) is 42.0. The van der Waals surface area contributed by atoms with Crippen molar-refractivity contribution < 1.29 is 41.8 Å². The highest BCUT2D eigenvalue weighted by Crippen LogP contribution is 2.49. The number of methoxy groups -OCH3 is 2. The van der Waals surface area contributed by atoms with Crippen molar-refractivity contribution in [2.75, 3.05) is 20.8 Å². The van der Waals surface area contributed by atoms with Crippen molar-refractivity contribution in [3.8, 4) is 17.4 Å². The van der Waals surface area contributed by atoms with E-state index in [2.05, 4.69) is 27.3 Å². The Labute approximate surface area is 343 Å². The largest absolute Gasteiger partial charge is 0.497 e. The molecule has 3 aromatic rings. The van der Waals surface area contributed by atoms with Crippen molar-refractivity contribution in [1.29, 1.82) is 0 Å². The molecule has 0 bridgehead atoms. The molecule has 59 heavy (non-hydrogen) atoms. The summed E-state index contributed by atoms with van der Waals surface area (Å²) in [5.74, 6) is -1.79. The molecular formula is C42H54N6O10S. The average Bonchev–Trinajstić information content (AvgIpc) is 4.09. The monoisotopic (exact) mass is 834 g/mol. The molecule has 16 nitrogen and oxygen atoms in total. The fourth-order valence-electron chi connectivity index (χ4n) is 8.65. The molecule has 7 atom stereocenters. The first-order valence-electron chi connectivity index (χ1n) is 20.3. The zero-order valence-corrected chi connectivity index (χ0v) is 35.2. The van der Waals surface area contributed by atoms with Crippen LogP contribution in [0.5, 0.6) is 17.4 Å². The van der Waals surface area contributed by atoms with E-state index in [1.54, 1.807) is 39.3 Å². The zero-order chi connectivity index (χ0) is 42.4. The van der Waals surface area contributed by atoms with Gasteiger partial charge in [-0.3, -0.25) is 28.7 Å². The lowest BCUT2D eigenvalue weighted by atomic mass is 9.87. The molecule has 2 saturated heterocycles. The van der Waals surface area contributed by atoms with Gasteiger partial charge in [-0.1, -0.05) is 33.1 Å². The highest BCUT2D eigenvalue weighted by molar-refractivity contribution is 7.91. The van der Waals surface area contributed by atoms with Crippen LogP contribution in [-0.2, 0) is 31.5 Å². The number of carbonyl (C=O) groups is 4. The summed E-state index contributed by atoms with van der Waals surface area (Å²) in [7, 11) is 0.636. The molecule has 1 aromatic carbocycles. The third kappa shape index (κ3) is 8.35. The molecule has 2 aliphatic heterocycles. The number of hydrogen-bond donors (Lipinski definition) is 3. The lowest BCUT2D eigenvalue weighted by Gasteiger charge is -2.33. The van der Waals surface area contributed by atoms with Crippen molar-refractivity contribution >= 4 is 44.4 Å². The first-order chi connectivity index (χ1) is 28.0. The van der Waals surface area contributed by atoms with Gasteiger partial charge in [-0.2, -0.15) is 0 Å². The zero-order valence-electron chi connectivity index (χ0n) is 34.4. The molecule has 318 valence electrons. The summed E-state index contributed by atoms with van der Waals surface area (Å²) in [6.45, 7) is 5.50. The van der Waals surface area contributed by atoms with Gasteiger partial charge in [-0.25, -0.2) is 13.4 Å². The van der Waals surface area contributed by atoms with Crippen molar-refractivity contribution in [2.24, 2.45) is 24.8 Å². The molecule has 4 heterocycles. The van der Waals surface area contributed by atoms with Gasteiger partial charge in [-0.05, 0) is 81.0 Å². The summed E-state index contributed by atoms with van der Waals surface area (Å²) in [4.78, 5) is 75.8. The number of rotatable bonds is 9. The Morgan fingerprint density at radius 1 is 0.983 bits per heavy atom. The second kappa shape index (κ2) is 16.1. The van der Waals surface area contributed by atoms with Crippen molar-refractivity contribution in [1.82, 2.24) is 29.8 Å². The van der Waals surface area contributed by atoms with Crippen LogP contribution in [0.15, 0.2) is 47.5 Å². The Bertz CT molecular complexity index is 2330. The number of aromatic nitrogens is 2. The van der Waals surface area contributed by atoms with E-state index in [9.17, 15) is 32.4 Å². The maximum absolute atomic E-state index is 15.0. The Kier molecular flexibility index (Phi) is 11.5. The molecule has 4 amide bonds. The van der Waals surface area contributed by atoms with Crippen LogP contribution < -0.4 is 35.1 Å². The minimum absolute atomic E-state index is 0.00183. The van der Waals surface area contributed by atoms with Crippen LogP contribution in [-0.4, -0.2) is 95.7 Å². The van der Waals surface area contributed by atoms with Crippen LogP contribution in [0.3, 0.4) is 0 Å². The van der Waals surface area contributed by atoms with Gasteiger partial charge < -0.3 is 34.3 Å². The topological polar surface area (TPSA) is 204 Å². The number of ether oxygens (including phenoxy) is 3. The van der Waals surface area contributed by atoms with Gasteiger partial charge in [0.25, 0.3) is 17.4 Å². The normalized spacial score (nSPS) is 28.2. The number of hydrogen-bond acceptors (Lipinski definition) is 11. The van der Waals surface area contributed by atoms with Gasteiger partial charge in [-0.15, -0.1) is 0 Å². The number of carbonyl (C=O) groups excluding carboxylic acids is 4. The molecule has 2 aromatic heterocycles. The highest BCUT2D eigenvalue weighted by Gasteiger charge is 2.63. The van der Waals surface area contributed by atoms with E-state index in [0.717, 1.165) is 19.3 Å². The van der Waals surface area contributed by atoms with E-state index >= 15 is 0 Å². The van der Waals surface area contributed by atoms with E-state index in [1.165, 1.54) is 41.1 Å². The van der Waals surface area contributed by atoms with Gasteiger partial charge in [0.1, 0.15) is 35.2 Å². The predicted molar refractivity (Wildman–Crippen MR) is 217 cm³/mol. The number of sulfonamides is 1. The van der Waals surface area contributed by atoms with Gasteiger partial charge in [0.05, 0.1) is 31.7 Å². The van der Waals surface area contributed by atoms with Crippen molar-refractivity contribution in [3.05, 3.63) is 58.6 Å². The number of fused-ring (bicyclic) bond motifs is 3. The van der Waals surface area contributed by atoms with Crippen LogP contribution in [0.2, 0.25) is 0 Å². The predicted octanol–water partition coefficient (Wildman–Crippen LogP) is 3.21. The fraction of sp³-hybridized carbons (Fsp3) is 0.571.